The average molecular weight is 415 g/mol. The fraction of sp³-hybridized carbons (Fsp3) is 0.231. The van der Waals surface area contributed by atoms with Crippen molar-refractivity contribution in [1.29, 1.82) is 0 Å². The van der Waals surface area contributed by atoms with Crippen molar-refractivity contribution >= 4 is 17.6 Å². The van der Waals surface area contributed by atoms with Gasteiger partial charge in [-0.25, -0.2) is 4.79 Å². The van der Waals surface area contributed by atoms with Gasteiger partial charge in [0.05, 0.1) is 5.56 Å². The van der Waals surface area contributed by atoms with E-state index in [2.05, 4.69) is 17.0 Å². The maximum Gasteiger partial charge on any atom is 0.338 e. The van der Waals surface area contributed by atoms with Crippen LogP contribution in [0.3, 0.4) is 0 Å². The van der Waals surface area contributed by atoms with Crippen LogP contribution in [0.15, 0.2) is 84.9 Å². The molecule has 158 valence electrons. The molecule has 1 amide bonds. The first kappa shape index (κ1) is 20.7. The molecule has 31 heavy (non-hydrogen) atoms. The number of piperazine rings is 1. The van der Waals surface area contributed by atoms with Gasteiger partial charge in [-0.3, -0.25) is 4.79 Å². The average Bonchev–Trinajstić information content (AvgIpc) is 2.84. The largest absolute Gasteiger partial charge is 0.452 e. The highest BCUT2D eigenvalue weighted by Crippen LogP contribution is 2.17. The third-order valence-corrected chi connectivity index (χ3v) is 5.56. The van der Waals surface area contributed by atoms with Gasteiger partial charge in [0.25, 0.3) is 5.91 Å². The first-order valence-corrected chi connectivity index (χ1v) is 10.6. The Bertz CT molecular complexity index is 1010. The van der Waals surface area contributed by atoms with Gasteiger partial charge in [0, 0.05) is 31.9 Å². The highest BCUT2D eigenvalue weighted by Gasteiger charge is 2.23. The fourth-order valence-electron chi connectivity index (χ4n) is 3.84. The van der Waals surface area contributed by atoms with E-state index in [1.807, 2.05) is 66.7 Å². The van der Waals surface area contributed by atoms with Crippen LogP contribution in [0, 0.1) is 0 Å². The molecule has 1 aliphatic heterocycles. The Morgan fingerprint density at radius 1 is 0.742 bits per heavy atom. The van der Waals surface area contributed by atoms with Gasteiger partial charge in [-0.05, 0) is 35.7 Å². The normalized spacial score (nSPS) is 13.7. The lowest BCUT2D eigenvalue weighted by molar-refractivity contribution is -0.134. The smallest absolute Gasteiger partial charge is 0.338 e. The first-order chi connectivity index (χ1) is 15.2. The van der Waals surface area contributed by atoms with Gasteiger partial charge >= 0.3 is 5.97 Å². The molecular formula is C26H26N2O3. The molecule has 0 spiro atoms. The lowest BCUT2D eigenvalue weighted by atomic mass is 10.00. The van der Waals surface area contributed by atoms with Crippen LogP contribution in [0.5, 0.6) is 0 Å². The van der Waals surface area contributed by atoms with Crippen molar-refractivity contribution in [3.05, 3.63) is 102 Å². The Labute approximate surface area is 182 Å². The number of hydrogen-bond donors (Lipinski definition) is 0. The number of hydrogen-bond acceptors (Lipinski definition) is 4. The molecule has 1 saturated heterocycles. The van der Waals surface area contributed by atoms with Gasteiger partial charge in [-0.2, -0.15) is 0 Å². The molecule has 1 fully saturated rings. The quantitative estimate of drug-likeness (QED) is 0.576. The minimum atomic E-state index is -0.456. The molecule has 0 N–H and O–H groups in total. The molecule has 1 aliphatic rings. The van der Waals surface area contributed by atoms with Crippen molar-refractivity contribution in [1.82, 2.24) is 4.90 Å². The molecule has 1 heterocycles. The zero-order valence-corrected chi connectivity index (χ0v) is 17.4. The molecule has 5 heteroatoms. The first-order valence-electron chi connectivity index (χ1n) is 10.6. The standard InChI is InChI=1S/C26H26N2O3/c29-25(28-17-15-27(16-18-28)23-12-5-2-6-13-23)20-31-26(30)24-14-8-7-11-22(24)19-21-9-3-1-4-10-21/h1-14H,15-20H2. The van der Waals surface area contributed by atoms with Crippen molar-refractivity contribution < 1.29 is 14.3 Å². The van der Waals surface area contributed by atoms with E-state index in [9.17, 15) is 9.59 Å². The number of nitrogens with zero attached hydrogens (tertiary/aromatic N) is 2. The predicted octanol–water partition coefficient (Wildman–Crippen LogP) is 3.78. The van der Waals surface area contributed by atoms with E-state index in [4.69, 9.17) is 4.74 Å². The number of rotatable bonds is 6. The Hall–Kier alpha value is -3.60. The summed E-state index contributed by atoms with van der Waals surface area (Å²) in [7, 11) is 0. The third kappa shape index (κ3) is 5.31. The highest BCUT2D eigenvalue weighted by molar-refractivity contribution is 5.93. The zero-order chi connectivity index (χ0) is 21.5. The number of carbonyl (C=O) groups is 2. The van der Waals surface area contributed by atoms with Crippen LogP contribution in [0.25, 0.3) is 0 Å². The van der Waals surface area contributed by atoms with Gasteiger partial charge in [0.15, 0.2) is 6.61 Å². The number of carbonyl (C=O) groups excluding carboxylic acids is 2. The Morgan fingerprint density at radius 3 is 2.06 bits per heavy atom. The molecular weight excluding hydrogens is 388 g/mol. The topological polar surface area (TPSA) is 49.9 Å². The van der Waals surface area contributed by atoms with Gasteiger partial charge in [-0.1, -0.05) is 66.7 Å². The molecule has 5 nitrogen and oxygen atoms in total. The summed E-state index contributed by atoms with van der Waals surface area (Å²) in [5.41, 5.74) is 3.68. The summed E-state index contributed by atoms with van der Waals surface area (Å²) in [5.74, 6) is -0.607. The summed E-state index contributed by atoms with van der Waals surface area (Å²) in [6.07, 6.45) is 0.640. The van der Waals surface area contributed by atoms with Gasteiger partial charge in [0.1, 0.15) is 0 Å². The Kier molecular flexibility index (Phi) is 6.62. The maximum atomic E-state index is 12.7. The molecule has 0 aliphatic carbocycles. The number of amides is 1. The van der Waals surface area contributed by atoms with Gasteiger partial charge in [0.2, 0.25) is 0 Å². The van der Waals surface area contributed by atoms with Gasteiger partial charge < -0.3 is 14.5 Å². The SMILES string of the molecule is O=C(OCC(=O)N1CCN(c2ccccc2)CC1)c1ccccc1Cc1ccccc1. The minimum Gasteiger partial charge on any atom is -0.452 e. The van der Waals surface area contributed by atoms with Crippen molar-refractivity contribution in [3.63, 3.8) is 0 Å². The van der Waals surface area contributed by atoms with E-state index < -0.39 is 5.97 Å². The Balaban J connectivity index is 1.31. The van der Waals surface area contributed by atoms with Crippen molar-refractivity contribution in [2.45, 2.75) is 6.42 Å². The summed E-state index contributed by atoms with van der Waals surface area (Å²) in [5, 5.41) is 0. The number of ether oxygens (including phenoxy) is 1. The molecule has 0 aromatic heterocycles. The molecule has 0 unspecified atom stereocenters. The van der Waals surface area contributed by atoms with E-state index >= 15 is 0 Å². The summed E-state index contributed by atoms with van der Waals surface area (Å²) in [6.45, 7) is 2.54. The van der Waals surface area contributed by atoms with Crippen LogP contribution in [-0.4, -0.2) is 49.6 Å². The second-order valence-corrected chi connectivity index (χ2v) is 7.60. The van der Waals surface area contributed by atoms with Crippen LogP contribution in [0.4, 0.5) is 5.69 Å². The number of para-hydroxylation sites is 1. The van der Waals surface area contributed by atoms with Crippen molar-refractivity contribution in [2.75, 3.05) is 37.7 Å². The van der Waals surface area contributed by atoms with E-state index in [1.165, 1.54) is 0 Å². The summed E-state index contributed by atoms with van der Waals surface area (Å²) in [6, 6.07) is 27.6. The van der Waals surface area contributed by atoms with Crippen LogP contribution in [0.2, 0.25) is 0 Å². The lowest BCUT2D eigenvalue weighted by Crippen LogP contribution is -2.49. The molecule has 0 radical (unpaired) electrons. The molecule has 4 rings (SSSR count). The van der Waals surface area contributed by atoms with E-state index in [0.29, 0.717) is 25.1 Å². The van der Waals surface area contributed by atoms with E-state index in [1.54, 1.807) is 11.0 Å². The predicted molar refractivity (Wildman–Crippen MR) is 121 cm³/mol. The molecule has 0 saturated carbocycles. The van der Waals surface area contributed by atoms with Crippen LogP contribution in [0.1, 0.15) is 21.5 Å². The van der Waals surface area contributed by atoms with Crippen LogP contribution in [-0.2, 0) is 16.0 Å². The van der Waals surface area contributed by atoms with Crippen molar-refractivity contribution in [2.24, 2.45) is 0 Å². The number of benzene rings is 3. The van der Waals surface area contributed by atoms with Crippen LogP contribution >= 0.6 is 0 Å². The van der Waals surface area contributed by atoms with Crippen molar-refractivity contribution in [3.8, 4) is 0 Å². The van der Waals surface area contributed by atoms with E-state index in [-0.39, 0.29) is 12.5 Å². The third-order valence-electron chi connectivity index (χ3n) is 5.56. The lowest BCUT2D eigenvalue weighted by Gasteiger charge is -2.36. The summed E-state index contributed by atoms with van der Waals surface area (Å²) < 4.78 is 5.39. The second kappa shape index (κ2) is 9.94. The minimum absolute atomic E-state index is 0.151. The number of anilines is 1. The molecule has 0 bridgehead atoms. The monoisotopic (exact) mass is 414 g/mol. The summed E-state index contributed by atoms with van der Waals surface area (Å²) in [4.78, 5) is 29.3. The van der Waals surface area contributed by atoms with Crippen LogP contribution < -0.4 is 4.90 Å². The Morgan fingerprint density at radius 2 is 1.35 bits per heavy atom. The van der Waals surface area contributed by atoms with Gasteiger partial charge in [-0.15, -0.1) is 0 Å². The molecule has 3 aromatic carbocycles. The van der Waals surface area contributed by atoms with E-state index in [0.717, 1.165) is 29.9 Å². The maximum absolute atomic E-state index is 12.7. The number of esters is 1. The highest BCUT2D eigenvalue weighted by atomic mass is 16.5. The second-order valence-electron chi connectivity index (χ2n) is 7.60. The zero-order valence-electron chi connectivity index (χ0n) is 17.4. The molecule has 3 aromatic rings. The fourth-order valence-corrected chi connectivity index (χ4v) is 3.84. The molecule has 0 atom stereocenters. The summed E-state index contributed by atoms with van der Waals surface area (Å²) >= 11 is 0.